The fourth-order valence-electron chi connectivity index (χ4n) is 3.07. The highest BCUT2D eigenvalue weighted by Crippen LogP contribution is 2.27. The lowest BCUT2D eigenvalue weighted by molar-refractivity contribution is 0.0992. The standard InChI is InChI=1S/C23H20FN3O4/c1-15-25-11-12-27(15)19-9-7-16(13-18(19)24)26-23(28)22-10-8-17(31-22)14-30-21-6-4-3-5-20(21)29-2/h3-13H,14H2,1-2H3,(H,26,28). The Hall–Kier alpha value is -4.07. The maximum atomic E-state index is 14.5. The summed E-state index contributed by atoms with van der Waals surface area (Å²) in [4.78, 5) is 16.6. The molecule has 158 valence electrons. The minimum atomic E-state index is -0.491. The summed E-state index contributed by atoms with van der Waals surface area (Å²) in [5.74, 6) is 1.41. The second-order valence-corrected chi connectivity index (χ2v) is 6.67. The van der Waals surface area contributed by atoms with Crippen molar-refractivity contribution in [3.05, 3.63) is 90.2 Å². The van der Waals surface area contributed by atoms with E-state index in [9.17, 15) is 9.18 Å². The molecule has 0 radical (unpaired) electrons. The van der Waals surface area contributed by atoms with E-state index in [1.807, 2.05) is 12.1 Å². The van der Waals surface area contributed by atoms with Crippen LogP contribution in [0.2, 0.25) is 0 Å². The molecule has 7 nitrogen and oxygen atoms in total. The number of anilines is 1. The first-order valence-corrected chi connectivity index (χ1v) is 9.51. The number of imidazole rings is 1. The lowest BCUT2D eigenvalue weighted by atomic mass is 10.2. The first-order chi connectivity index (χ1) is 15.0. The Morgan fingerprint density at radius 3 is 2.68 bits per heavy atom. The number of methoxy groups -OCH3 is 1. The zero-order chi connectivity index (χ0) is 21.8. The number of para-hydroxylation sites is 2. The quantitative estimate of drug-likeness (QED) is 0.466. The molecule has 0 atom stereocenters. The summed E-state index contributed by atoms with van der Waals surface area (Å²) >= 11 is 0. The number of carbonyl (C=O) groups excluding carboxylic acids is 1. The van der Waals surface area contributed by atoms with Crippen LogP contribution in [0.25, 0.3) is 5.69 Å². The monoisotopic (exact) mass is 421 g/mol. The Morgan fingerprint density at radius 2 is 1.97 bits per heavy atom. The van der Waals surface area contributed by atoms with Crippen molar-refractivity contribution in [3.8, 4) is 17.2 Å². The van der Waals surface area contributed by atoms with E-state index in [4.69, 9.17) is 13.9 Å². The van der Waals surface area contributed by atoms with Crippen LogP contribution in [-0.2, 0) is 6.61 Å². The molecular weight excluding hydrogens is 401 g/mol. The van der Waals surface area contributed by atoms with Crippen molar-refractivity contribution in [2.24, 2.45) is 0 Å². The number of hydrogen-bond acceptors (Lipinski definition) is 5. The van der Waals surface area contributed by atoms with Crippen molar-refractivity contribution < 1.29 is 23.1 Å². The molecule has 31 heavy (non-hydrogen) atoms. The van der Waals surface area contributed by atoms with Crippen molar-refractivity contribution in [1.82, 2.24) is 9.55 Å². The Kier molecular flexibility index (Phi) is 5.70. The van der Waals surface area contributed by atoms with Gasteiger partial charge in [-0.1, -0.05) is 12.1 Å². The topological polar surface area (TPSA) is 78.5 Å². The molecule has 0 bridgehead atoms. The Balaban J connectivity index is 1.41. The lowest BCUT2D eigenvalue weighted by Crippen LogP contribution is -2.11. The molecule has 4 rings (SSSR count). The number of carbonyl (C=O) groups is 1. The molecule has 2 aromatic carbocycles. The van der Waals surface area contributed by atoms with Crippen molar-refractivity contribution in [3.63, 3.8) is 0 Å². The molecule has 4 aromatic rings. The minimum absolute atomic E-state index is 0.0913. The first-order valence-electron chi connectivity index (χ1n) is 9.51. The highest BCUT2D eigenvalue weighted by Gasteiger charge is 2.14. The summed E-state index contributed by atoms with van der Waals surface area (Å²) in [7, 11) is 1.56. The molecule has 0 saturated carbocycles. The third-order valence-electron chi connectivity index (χ3n) is 4.62. The number of nitrogens with zero attached hydrogens (tertiary/aromatic N) is 2. The van der Waals surface area contributed by atoms with Crippen LogP contribution in [0.3, 0.4) is 0 Å². The van der Waals surface area contributed by atoms with Gasteiger partial charge in [-0.2, -0.15) is 0 Å². The number of furan rings is 1. The van der Waals surface area contributed by atoms with Gasteiger partial charge in [0.15, 0.2) is 17.3 Å². The number of benzene rings is 2. The van der Waals surface area contributed by atoms with Gasteiger partial charge in [0, 0.05) is 18.1 Å². The third kappa shape index (κ3) is 4.42. The average Bonchev–Trinajstić information content (AvgIpc) is 3.42. The predicted octanol–water partition coefficient (Wildman–Crippen LogP) is 4.75. The number of nitrogens with one attached hydrogen (secondary N) is 1. The number of ether oxygens (including phenoxy) is 2. The smallest absolute Gasteiger partial charge is 0.291 e. The summed E-state index contributed by atoms with van der Waals surface area (Å²) in [6.45, 7) is 1.91. The highest BCUT2D eigenvalue weighted by molar-refractivity contribution is 6.02. The molecule has 0 unspecified atom stereocenters. The fourth-order valence-corrected chi connectivity index (χ4v) is 3.07. The van der Waals surface area contributed by atoms with Gasteiger partial charge in [0.1, 0.15) is 24.0 Å². The minimum Gasteiger partial charge on any atom is -0.493 e. The normalized spacial score (nSPS) is 10.7. The van der Waals surface area contributed by atoms with E-state index in [1.54, 1.807) is 61.3 Å². The van der Waals surface area contributed by atoms with Crippen LogP contribution in [0.1, 0.15) is 22.1 Å². The number of aryl methyl sites for hydroxylation is 1. The summed E-state index contributed by atoms with van der Waals surface area (Å²) in [5, 5.41) is 2.63. The molecule has 2 aromatic heterocycles. The van der Waals surface area contributed by atoms with Gasteiger partial charge < -0.3 is 23.8 Å². The predicted molar refractivity (Wildman–Crippen MR) is 112 cm³/mol. The fraction of sp³-hybridized carbons (Fsp3) is 0.130. The molecule has 0 saturated heterocycles. The van der Waals surface area contributed by atoms with E-state index < -0.39 is 11.7 Å². The number of aromatic nitrogens is 2. The zero-order valence-corrected chi connectivity index (χ0v) is 17.0. The molecular formula is C23H20FN3O4. The Labute approximate surface area is 178 Å². The van der Waals surface area contributed by atoms with E-state index in [0.29, 0.717) is 34.5 Å². The largest absolute Gasteiger partial charge is 0.493 e. The average molecular weight is 421 g/mol. The van der Waals surface area contributed by atoms with E-state index in [-0.39, 0.29) is 12.4 Å². The molecule has 0 fully saturated rings. The molecule has 0 aliphatic heterocycles. The van der Waals surface area contributed by atoms with Crippen molar-refractivity contribution in [1.29, 1.82) is 0 Å². The van der Waals surface area contributed by atoms with Crippen LogP contribution in [0, 0.1) is 12.7 Å². The molecule has 1 N–H and O–H groups in total. The summed E-state index contributed by atoms with van der Waals surface area (Å²) in [6.07, 6.45) is 3.26. The molecule has 1 amide bonds. The van der Waals surface area contributed by atoms with Gasteiger partial charge in [-0.15, -0.1) is 0 Å². The van der Waals surface area contributed by atoms with Crippen LogP contribution in [0.15, 0.2) is 71.4 Å². The molecule has 2 heterocycles. The highest BCUT2D eigenvalue weighted by atomic mass is 19.1. The number of rotatable bonds is 7. The van der Waals surface area contributed by atoms with Crippen LogP contribution >= 0.6 is 0 Å². The Morgan fingerprint density at radius 1 is 1.16 bits per heavy atom. The SMILES string of the molecule is COc1ccccc1OCc1ccc(C(=O)Nc2ccc(-n3ccnc3C)c(F)c2)o1. The number of amides is 1. The summed E-state index contributed by atoms with van der Waals surface area (Å²) in [6, 6.07) is 14.9. The van der Waals surface area contributed by atoms with E-state index in [1.165, 1.54) is 12.1 Å². The van der Waals surface area contributed by atoms with Crippen LogP contribution < -0.4 is 14.8 Å². The van der Waals surface area contributed by atoms with Crippen molar-refractivity contribution in [2.45, 2.75) is 13.5 Å². The maximum absolute atomic E-state index is 14.5. The number of hydrogen-bond donors (Lipinski definition) is 1. The molecule has 8 heteroatoms. The zero-order valence-electron chi connectivity index (χ0n) is 17.0. The van der Waals surface area contributed by atoms with Gasteiger partial charge in [0.2, 0.25) is 0 Å². The van der Waals surface area contributed by atoms with Gasteiger partial charge in [-0.05, 0) is 49.4 Å². The van der Waals surface area contributed by atoms with Crippen LogP contribution in [-0.4, -0.2) is 22.6 Å². The first kappa shape index (κ1) is 20.2. The molecule has 0 spiro atoms. The van der Waals surface area contributed by atoms with E-state index in [0.717, 1.165) is 0 Å². The van der Waals surface area contributed by atoms with E-state index >= 15 is 0 Å². The number of halogens is 1. The summed E-state index contributed by atoms with van der Waals surface area (Å²) < 4.78 is 32.6. The van der Waals surface area contributed by atoms with Crippen molar-refractivity contribution >= 4 is 11.6 Å². The lowest BCUT2D eigenvalue weighted by Gasteiger charge is -2.09. The van der Waals surface area contributed by atoms with Crippen LogP contribution in [0.4, 0.5) is 10.1 Å². The Bertz CT molecular complexity index is 1220. The maximum Gasteiger partial charge on any atom is 0.291 e. The van der Waals surface area contributed by atoms with Gasteiger partial charge in [0.25, 0.3) is 5.91 Å². The van der Waals surface area contributed by atoms with Gasteiger partial charge in [-0.25, -0.2) is 9.37 Å². The molecule has 0 aliphatic carbocycles. The van der Waals surface area contributed by atoms with Gasteiger partial charge >= 0.3 is 0 Å². The van der Waals surface area contributed by atoms with Gasteiger partial charge in [0.05, 0.1) is 12.8 Å². The van der Waals surface area contributed by atoms with Crippen LogP contribution in [0.5, 0.6) is 11.5 Å². The van der Waals surface area contributed by atoms with E-state index in [2.05, 4.69) is 10.3 Å². The third-order valence-corrected chi connectivity index (χ3v) is 4.62. The van der Waals surface area contributed by atoms with Crippen molar-refractivity contribution in [2.75, 3.05) is 12.4 Å². The molecule has 0 aliphatic rings. The summed E-state index contributed by atoms with van der Waals surface area (Å²) in [5.41, 5.74) is 0.661. The van der Waals surface area contributed by atoms with Gasteiger partial charge in [-0.3, -0.25) is 4.79 Å². The second-order valence-electron chi connectivity index (χ2n) is 6.67. The second kappa shape index (κ2) is 8.74.